The molecular weight excluding hydrogens is 280 g/mol. The van der Waals surface area contributed by atoms with Crippen LogP contribution in [0.5, 0.6) is 0 Å². The largest absolute Gasteiger partial charge is 0.467 e. The lowest BCUT2D eigenvalue weighted by atomic mass is 10.2. The molecule has 2 N–H and O–H groups in total. The van der Waals surface area contributed by atoms with E-state index < -0.39 is 11.7 Å². The first-order chi connectivity index (χ1) is 10.3. The molecule has 118 valence electrons. The fourth-order valence-electron chi connectivity index (χ4n) is 1.92. The zero-order valence-corrected chi connectivity index (χ0v) is 13.4. The second-order valence-electron chi connectivity index (χ2n) is 6.05. The summed E-state index contributed by atoms with van der Waals surface area (Å²) in [7, 11) is 0. The van der Waals surface area contributed by atoms with Gasteiger partial charge in [0.2, 0.25) is 0 Å². The number of furan rings is 1. The van der Waals surface area contributed by atoms with Crippen molar-refractivity contribution in [2.45, 2.75) is 39.8 Å². The van der Waals surface area contributed by atoms with Crippen molar-refractivity contribution in [2.75, 3.05) is 10.6 Å². The van der Waals surface area contributed by atoms with E-state index in [4.69, 9.17) is 9.15 Å². The minimum absolute atomic E-state index is 0.476. The molecule has 0 saturated carbocycles. The predicted molar refractivity (Wildman–Crippen MR) is 87.1 cm³/mol. The van der Waals surface area contributed by atoms with Crippen LogP contribution >= 0.6 is 0 Å². The molecule has 0 aliphatic carbocycles. The van der Waals surface area contributed by atoms with Gasteiger partial charge in [0.1, 0.15) is 11.4 Å². The van der Waals surface area contributed by atoms with Gasteiger partial charge in [-0.15, -0.1) is 0 Å². The molecule has 0 spiro atoms. The van der Waals surface area contributed by atoms with Crippen LogP contribution in [0.3, 0.4) is 0 Å². The van der Waals surface area contributed by atoms with Crippen LogP contribution in [-0.4, -0.2) is 11.7 Å². The molecule has 5 heteroatoms. The third-order valence-corrected chi connectivity index (χ3v) is 2.97. The Hall–Kier alpha value is -2.43. The van der Waals surface area contributed by atoms with E-state index in [9.17, 15) is 4.79 Å². The van der Waals surface area contributed by atoms with E-state index in [-0.39, 0.29) is 0 Å². The quantitative estimate of drug-likeness (QED) is 0.870. The Morgan fingerprint density at radius 2 is 1.86 bits per heavy atom. The number of ether oxygens (including phenoxy) is 1. The first kappa shape index (κ1) is 15.9. The summed E-state index contributed by atoms with van der Waals surface area (Å²) in [6.45, 7) is 8.03. The van der Waals surface area contributed by atoms with Crippen LogP contribution < -0.4 is 10.6 Å². The second-order valence-corrected chi connectivity index (χ2v) is 6.05. The average Bonchev–Trinajstić information content (AvgIpc) is 2.81. The molecule has 1 aromatic carbocycles. The van der Waals surface area contributed by atoms with Crippen molar-refractivity contribution in [3.8, 4) is 0 Å². The summed E-state index contributed by atoms with van der Waals surface area (Å²) < 4.78 is 10.7. The molecule has 1 aromatic heterocycles. The molecule has 1 amide bonds. The Morgan fingerprint density at radius 1 is 1.18 bits per heavy atom. The molecule has 0 fully saturated rings. The van der Waals surface area contributed by atoms with Crippen LogP contribution in [-0.2, 0) is 11.3 Å². The molecule has 1 heterocycles. The molecule has 5 nitrogen and oxygen atoms in total. The molecule has 0 bridgehead atoms. The number of benzene rings is 1. The standard InChI is InChI=1S/C17H22N2O3/c1-12-9-10-21-15(12)11-18-13-7-5-6-8-14(13)19-16(20)22-17(2,3)4/h5-10,18H,11H2,1-4H3,(H,19,20). The van der Waals surface area contributed by atoms with Gasteiger partial charge in [0.15, 0.2) is 0 Å². The summed E-state index contributed by atoms with van der Waals surface area (Å²) in [5.74, 6) is 0.868. The fourth-order valence-corrected chi connectivity index (χ4v) is 1.92. The molecule has 2 rings (SSSR count). The van der Waals surface area contributed by atoms with Crippen molar-refractivity contribution >= 4 is 17.5 Å². The minimum Gasteiger partial charge on any atom is -0.467 e. The van der Waals surface area contributed by atoms with Gasteiger partial charge in [-0.05, 0) is 51.5 Å². The Morgan fingerprint density at radius 3 is 2.45 bits per heavy atom. The molecule has 0 unspecified atom stereocenters. The number of rotatable bonds is 4. The lowest BCUT2D eigenvalue weighted by molar-refractivity contribution is 0.0636. The van der Waals surface area contributed by atoms with Crippen LogP contribution in [0, 0.1) is 6.92 Å². The van der Waals surface area contributed by atoms with E-state index in [1.165, 1.54) is 0 Å². The van der Waals surface area contributed by atoms with Crippen molar-refractivity contribution < 1.29 is 13.9 Å². The zero-order valence-electron chi connectivity index (χ0n) is 13.4. The van der Waals surface area contributed by atoms with E-state index in [0.29, 0.717) is 12.2 Å². The normalized spacial score (nSPS) is 11.1. The van der Waals surface area contributed by atoms with Gasteiger partial charge in [-0.25, -0.2) is 4.79 Å². The molecule has 0 aliphatic rings. The van der Waals surface area contributed by atoms with Gasteiger partial charge in [0, 0.05) is 0 Å². The first-order valence-electron chi connectivity index (χ1n) is 7.21. The molecule has 2 aromatic rings. The summed E-state index contributed by atoms with van der Waals surface area (Å²) in [5.41, 5.74) is 2.03. The van der Waals surface area contributed by atoms with Gasteiger partial charge in [0.05, 0.1) is 24.2 Å². The molecule has 0 radical (unpaired) electrons. The fraction of sp³-hybridized carbons (Fsp3) is 0.353. The van der Waals surface area contributed by atoms with Gasteiger partial charge in [0.25, 0.3) is 0 Å². The topological polar surface area (TPSA) is 63.5 Å². The summed E-state index contributed by atoms with van der Waals surface area (Å²) in [5, 5.41) is 6.02. The van der Waals surface area contributed by atoms with E-state index in [0.717, 1.165) is 17.0 Å². The molecule has 0 saturated heterocycles. The third kappa shape index (κ3) is 4.55. The zero-order chi connectivity index (χ0) is 16.2. The number of hydrogen-bond acceptors (Lipinski definition) is 4. The second kappa shape index (κ2) is 6.56. The Balaban J connectivity index is 2.03. The number of carbonyl (C=O) groups is 1. The van der Waals surface area contributed by atoms with Crippen LogP contribution in [0.15, 0.2) is 41.0 Å². The van der Waals surface area contributed by atoms with Crippen LogP contribution in [0.4, 0.5) is 16.2 Å². The van der Waals surface area contributed by atoms with Crippen molar-refractivity contribution in [3.05, 3.63) is 47.9 Å². The van der Waals surface area contributed by atoms with Gasteiger partial charge in [-0.1, -0.05) is 12.1 Å². The number of aryl methyl sites for hydroxylation is 1. The lowest BCUT2D eigenvalue weighted by Gasteiger charge is -2.20. The Labute approximate surface area is 130 Å². The highest BCUT2D eigenvalue weighted by Crippen LogP contribution is 2.23. The van der Waals surface area contributed by atoms with Crippen molar-refractivity contribution in [2.24, 2.45) is 0 Å². The van der Waals surface area contributed by atoms with Gasteiger partial charge in [-0.3, -0.25) is 5.32 Å². The van der Waals surface area contributed by atoms with Crippen LogP contribution in [0.2, 0.25) is 0 Å². The van der Waals surface area contributed by atoms with Crippen LogP contribution in [0.1, 0.15) is 32.1 Å². The summed E-state index contributed by atoms with van der Waals surface area (Å²) in [6.07, 6.45) is 1.19. The predicted octanol–water partition coefficient (Wildman–Crippen LogP) is 4.55. The first-order valence-corrected chi connectivity index (χ1v) is 7.21. The molecule has 0 atom stereocenters. The molecular formula is C17H22N2O3. The van der Waals surface area contributed by atoms with Crippen molar-refractivity contribution in [1.82, 2.24) is 0 Å². The molecule has 22 heavy (non-hydrogen) atoms. The third-order valence-electron chi connectivity index (χ3n) is 2.97. The monoisotopic (exact) mass is 302 g/mol. The summed E-state index contributed by atoms with van der Waals surface area (Å²) in [4.78, 5) is 11.9. The number of amides is 1. The van der Waals surface area contributed by atoms with E-state index in [1.807, 2.05) is 58.0 Å². The highest BCUT2D eigenvalue weighted by atomic mass is 16.6. The summed E-state index contributed by atoms with van der Waals surface area (Å²) in [6, 6.07) is 9.39. The van der Waals surface area contributed by atoms with Gasteiger partial charge < -0.3 is 14.5 Å². The Bertz CT molecular complexity index is 641. The number of para-hydroxylation sites is 2. The smallest absolute Gasteiger partial charge is 0.412 e. The number of carbonyl (C=O) groups excluding carboxylic acids is 1. The SMILES string of the molecule is Cc1ccoc1CNc1ccccc1NC(=O)OC(C)(C)C. The highest BCUT2D eigenvalue weighted by molar-refractivity contribution is 5.89. The van der Waals surface area contributed by atoms with Gasteiger partial charge >= 0.3 is 6.09 Å². The van der Waals surface area contributed by atoms with E-state index >= 15 is 0 Å². The van der Waals surface area contributed by atoms with E-state index in [2.05, 4.69) is 10.6 Å². The molecule has 0 aliphatic heterocycles. The maximum Gasteiger partial charge on any atom is 0.412 e. The van der Waals surface area contributed by atoms with Crippen molar-refractivity contribution in [1.29, 1.82) is 0 Å². The number of hydrogen-bond donors (Lipinski definition) is 2. The van der Waals surface area contributed by atoms with Gasteiger partial charge in [-0.2, -0.15) is 0 Å². The van der Waals surface area contributed by atoms with Crippen molar-refractivity contribution in [3.63, 3.8) is 0 Å². The Kier molecular flexibility index (Phi) is 4.75. The van der Waals surface area contributed by atoms with Crippen LogP contribution in [0.25, 0.3) is 0 Å². The lowest BCUT2D eigenvalue weighted by Crippen LogP contribution is -2.27. The number of nitrogens with one attached hydrogen (secondary N) is 2. The summed E-state index contributed by atoms with van der Waals surface area (Å²) >= 11 is 0. The van der Waals surface area contributed by atoms with E-state index in [1.54, 1.807) is 6.26 Å². The maximum atomic E-state index is 11.9. The average molecular weight is 302 g/mol. The number of anilines is 2. The maximum absolute atomic E-state index is 11.9. The minimum atomic E-state index is -0.530. The highest BCUT2D eigenvalue weighted by Gasteiger charge is 2.17.